The molecule has 0 spiro atoms. The largest absolute Gasteiger partial charge is 0.481 e. The first kappa shape index (κ1) is 40.3. The highest BCUT2D eigenvalue weighted by Crippen LogP contribution is 2.26. The number of nitrogens with zero attached hydrogens (tertiary/aromatic N) is 1. The lowest BCUT2D eigenvalue weighted by Crippen LogP contribution is -2.68. The summed E-state index contributed by atoms with van der Waals surface area (Å²) in [6.45, 7) is 4.22. The van der Waals surface area contributed by atoms with E-state index >= 15 is 0 Å². The van der Waals surface area contributed by atoms with Crippen LogP contribution in [0, 0.1) is 0 Å². The number of aliphatic hydroxyl groups is 3. The molecule has 0 aromatic heterocycles. The molecule has 0 radical (unpaired) electrons. The van der Waals surface area contributed by atoms with Gasteiger partial charge in [0.05, 0.1) is 13.0 Å². The van der Waals surface area contributed by atoms with Crippen molar-refractivity contribution in [2.75, 3.05) is 13.2 Å². The van der Waals surface area contributed by atoms with Gasteiger partial charge in [-0.05, 0) is 12.8 Å². The number of carbonyl (C=O) groups is 3. The zero-order valence-electron chi connectivity index (χ0n) is 27.7. The standard InChI is InChI=1S/C34H64N2O8/c1-3-5-7-9-11-13-15-17-19-21-25-36(29(39)22-20-18-16-14-12-10-8-6-4-2)34-31(35-28(38)23-24-30(40)41)33(43)32(42)27(26-37)44-34/h27,31-34,37,42-43H,3-26H2,1-2H3,(H,35,38)(H,40,41)/t27-,31-,32-,33-,34-/m1/s1. The Bertz CT molecular complexity index is 768. The monoisotopic (exact) mass is 628 g/mol. The molecule has 1 fully saturated rings. The third-order valence-electron chi connectivity index (χ3n) is 8.67. The molecule has 258 valence electrons. The summed E-state index contributed by atoms with van der Waals surface area (Å²) in [6, 6.07) is -1.16. The molecule has 0 saturated carbocycles. The number of aliphatic carboxylic acids is 1. The third kappa shape index (κ3) is 17.1. The molecule has 1 saturated heterocycles. The van der Waals surface area contributed by atoms with Gasteiger partial charge in [-0.3, -0.25) is 14.4 Å². The molecule has 0 unspecified atom stereocenters. The Kier molecular flexibility index (Phi) is 23.3. The minimum absolute atomic E-state index is 0.154. The Labute approximate surface area is 266 Å². The van der Waals surface area contributed by atoms with Crippen LogP contribution in [0.1, 0.15) is 155 Å². The maximum absolute atomic E-state index is 13.6. The first-order valence-corrected chi connectivity index (χ1v) is 17.7. The van der Waals surface area contributed by atoms with Gasteiger partial charge in [-0.1, -0.05) is 123 Å². The maximum Gasteiger partial charge on any atom is 0.303 e. The Morgan fingerprint density at radius 2 is 1.14 bits per heavy atom. The van der Waals surface area contributed by atoms with Crippen molar-refractivity contribution in [3.05, 3.63) is 0 Å². The lowest BCUT2D eigenvalue weighted by Gasteiger charge is -2.47. The second-order valence-corrected chi connectivity index (χ2v) is 12.6. The van der Waals surface area contributed by atoms with E-state index in [4.69, 9.17) is 9.84 Å². The van der Waals surface area contributed by atoms with E-state index in [9.17, 15) is 29.7 Å². The van der Waals surface area contributed by atoms with Gasteiger partial charge >= 0.3 is 5.97 Å². The average Bonchev–Trinajstić information content (AvgIpc) is 3.00. The maximum atomic E-state index is 13.6. The van der Waals surface area contributed by atoms with Crippen molar-refractivity contribution in [2.45, 2.75) is 186 Å². The third-order valence-corrected chi connectivity index (χ3v) is 8.67. The molecule has 44 heavy (non-hydrogen) atoms. The zero-order valence-corrected chi connectivity index (χ0v) is 27.7. The minimum atomic E-state index is -1.50. The van der Waals surface area contributed by atoms with Crippen LogP contribution in [0.2, 0.25) is 0 Å². The molecule has 1 aliphatic rings. The molecule has 0 aliphatic carbocycles. The second-order valence-electron chi connectivity index (χ2n) is 12.6. The van der Waals surface area contributed by atoms with Crippen LogP contribution in [-0.4, -0.2) is 86.8 Å². The molecular weight excluding hydrogens is 564 g/mol. The first-order valence-electron chi connectivity index (χ1n) is 17.7. The van der Waals surface area contributed by atoms with Crippen molar-refractivity contribution in [1.29, 1.82) is 0 Å². The predicted molar refractivity (Wildman–Crippen MR) is 172 cm³/mol. The summed E-state index contributed by atoms with van der Waals surface area (Å²) in [4.78, 5) is 38.7. The summed E-state index contributed by atoms with van der Waals surface area (Å²) >= 11 is 0. The summed E-state index contributed by atoms with van der Waals surface area (Å²) in [7, 11) is 0. The van der Waals surface area contributed by atoms with Crippen LogP contribution in [0.15, 0.2) is 0 Å². The number of ether oxygens (including phenoxy) is 1. The quantitative estimate of drug-likeness (QED) is 0.0753. The van der Waals surface area contributed by atoms with Gasteiger partial charge in [0.2, 0.25) is 11.8 Å². The van der Waals surface area contributed by atoms with E-state index in [0.717, 1.165) is 51.4 Å². The summed E-state index contributed by atoms with van der Waals surface area (Å²) in [5.74, 6) is -1.90. The highest BCUT2D eigenvalue weighted by atomic mass is 16.5. The minimum Gasteiger partial charge on any atom is -0.481 e. The van der Waals surface area contributed by atoms with Crippen LogP contribution in [0.25, 0.3) is 0 Å². The van der Waals surface area contributed by atoms with Gasteiger partial charge in [0.15, 0.2) is 6.23 Å². The fourth-order valence-electron chi connectivity index (χ4n) is 5.89. The van der Waals surface area contributed by atoms with Gasteiger partial charge < -0.3 is 35.4 Å². The van der Waals surface area contributed by atoms with E-state index in [1.54, 1.807) is 4.90 Å². The van der Waals surface area contributed by atoms with Crippen LogP contribution >= 0.6 is 0 Å². The van der Waals surface area contributed by atoms with Crippen LogP contribution in [0.5, 0.6) is 0 Å². The van der Waals surface area contributed by atoms with Crippen molar-refractivity contribution in [3.8, 4) is 0 Å². The van der Waals surface area contributed by atoms with Crippen LogP contribution in [-0.2, 0) is 19.1 Å². The molecule has 10 heteroatoms. The van der Waals surface area contributed by atoms with E-state index in [-0.39, 0.29) is 18.7 Å². The van der Waals surface area contributed by atoms with Gasteiger partial charge in [0.25, 0.3) is 0 Å². The number of nitrogens with one attached hydrogen (secondary N) is 1. The van der Waals surface area contributed by atoms with Gasteiger partial charge in [-0.2, -0.15) is 0 Å². The Balaban J connectivity index is 2.84. The van der Waals surface area contributed by atoms with E-state index in [0.29, 0.717) is 13.0 Å². The predicted octanol–water partition coefficient (Wildman–Crippen LogP) is 5.45. The van der Waals surface area contributed by atoms with Crippen LogP contribution in [0.4, 0.5) is 0 Å². The van der Waals surface area contributed by atoms with E-state index in [1.807, 2.05) is 0 Å². The fourth-order valence-corrected chi connectivity index (χ4v) is 5.89. The molecule has 5 atom stereocenters. The summed E-state index contributed by atoms with van der Waals surface area (Å²) < 4.78 is 5.99. The summed E-state index contributed by atoms with van der Waals surface area (Å²) in [6.07, 6.45) is 15.9. The summed E-state index contributed by atoms with van der Waals surface area (Å²) in [5.41, 5.74) is 0. The number of aliphatic hydroxyl groups excluding tert-OH is 3. The van der Waals surface area contributed by atoms with Gasteiger partial charge in [0.1, 0.15) is 24.4 Å². The van der Waals surface area contributed by atoms with Crippen molar-refractivity contribution in [3.63, 3.8) is 0 Å². The Morgan fingerprint density at radius 3 is 1.61 bits per heavy atom. The molecule has 1 heterocycles. The first-order chi connectivity index (χ1) is 21.3. The highest BCUT2D eigenvalue weighted by molar-refractivity contribution is 5.81. The molecular formula is C34H64N2O8. The molecule has 2 amide bonds. The van der Waals surface area contributed by atoms with Crippen molar-refractivity contribution in [2.24, 2.45) is 0 Å². The molecule has 0 bridgehead atoms. The molecule has 10 nitrogen and oxygen atoms in total. The smallest absolute Gasteiger partial charge is 0.303 e. The van der Waals surface area contributed by atoms with Crippen molar-refractivity contribution >= 4 is 17.8 Å². The molecule has 1 aliphatic heterocycles. The molecule has 1 rings (SSSR count). The number of hydrogen-bond acceptors (Lipinski definition) is 7. The number of carbonyl (C=O) groups excluding carboxylic acids is 2. The van der Waals surface area contributed by atoms with Gasteiger partial charge in [0, 0.05) is 19.4 Å². The highest BCUT2D eigenvalue weighted by Gasteiger charge is 2.48. The topological polar surface area (TPSA) is 157 Å². The van der Waals surface area contributed by atoms with Gasteiger partial charge in [-0.15, -0.1) is 0 Å². The lowest BCUT2D eigenvalue weighted by atomic mass is 9.94. The molecule has 5 N–H and O–H groups in total. The number of hydrogen-bond donors (Lipinski definition) is 5. The second kappa shape index (κ2) is 25.4. The fraction of sp³-hybridized carbons (Fsp3) is 0.912. The zero-order chi connectivity index (χ0) is 32.6. The van der Waals surface area contributed by atoms with E-state index in [2.05, 4.69) is 19.2 Å². The Hall–Kier alpha value is -1.75. The SMILES string of the molecule is CCCCCCCCCCCCN(C(=O)CCCCCCCCCCC)[C@@H]1O[C@H](CO)[C@@H](O)[C@H](O)[C@H]1NC(=O)CCC(=O)O. The number of carboxylic acids is 1. The van der Waals surface area contributed by atoms with Gasteiger partial charge in [-0.25, -0.2) is 0 Å². The Morgan fingerprint density at radius 1 is 0.659 bits per heavy atom. The lowest BCUT2D eigenvalue weighted by molar-refractivity contribution is -0.231. The number of unbranched alkanes of at least 4 members (excludes halogenated alkanes) is 17. The van der Waals surface area contributed by atoms with Crippen LogP contribution < -0.4 is 5.32 Å². The molecule has 0 aromatic carbocycles. The normalized spacial score (nSPS) is 21.7. The van der Waals surface area contributed by atoms with E-state index < -0.39 is 49.1 Å². The number of rotatable bonds is 27. The van der Waals surface area contributed by atoms with E-state index in [1.165, 1.54) is 70.6 Å². The molecule has 0 aromatic rings. The summed E-state index contributed by atoms with van der Waals surface area (Å²) in [5, 5.41) is 42.9. The van der Waals surface area contributed by atoms with Crippen molar-refractivity contribution < 1.29 is 39.5 Å². The van der Waals surface area contributed by atoms with Crippen molar-refractivity contribution in [1.82, 2.24) is 10.2 Å². The number of carboxylic acid groups (broad SMARTS) is 1. The average molecular weight is 629 g/mol. The van der Waals surface area contributed by atoms with Crippen LogP contribution in [0.3, 0.4) is 0 Å². The number of amides is 2.